The summed E-state index contributed by atoms with van der Waals surface area (Å²) in [6.45, 7) is -0.113. The summed E-state index contributed by atoms with van der Waals surface area (Å²) in [7, 11) is -4.05. The van der Waals surface area contributed by atoms with E-state index in [9.17, 15) is 26.4 Å². The zero-order chi connectivity index (χ0) is 22.9. The maximum absolute atomic E-state index is 12.3. The van der Waals surface area contributed by atoms with Gasteiger partial charge in [0.25, 0.3) is 0 Å². The second-order valence-corrected chi connectivity index (χ2v) is 9.73. The number of sulfonamides is 1. The minimum Gasteiger partial charge on any atom is -0.308 e. The highest BCUT2D eigenvalue weighted by molar-refractivity contribution is 7.89. The van der Waals surface area contributed by atoms with Crippen molar-refractivity contribution >= 4 is 32.7 Å². The fourth-order valence-corrected chi connectivity index (χ4v) is 4.27. The van der Waals surface area contributed by atoms with Crippen molar-refractivity contribution < 1.29 is 26.4 Å². The van der Waals surface area contributed by atoms with Crippen LogP contribution >= 0.6 is 0 Å². The Morgan fingerprint density at radius 3 is 2.59 bits per heavy atom. The normalized spacial score (nSPS) is 14.6. The predicted molar refractivity (Wildman–Crippen MR) is 114 cm³/mol. The number of H-pyrrole nitrogens is 1. The first kappa shape index (κ1) is 22.3. The number of hydrogen-bond acceptors (Lipinski definition) is 4. The van der Waals surface area contributed by atoms with Gasteiger partial charge in [-0.2, -0.15) is 18.3 Å². The van der Waals surface area contributed by atoms with Gasteiger partial charge in [0, 0.05) is 17.8 Å². The highest BCUT2D eigenvalue weighted by Crippen LogP contribution is 2.32. The Morgan fingerprint density at radius 2 is 1.88 bits per heavy atom. The van der Waals surface area contributed by atoms with Crippen molar-refractivity contribution in [2.24, 2.45) is 5.92 Å². The number of aromatic amines is 1. The van der Waals surface area contributed by atoms with Crippen molar-refractivity contribution in [3.8, 4) is 11.1 Å². The van der Waals surface area contributed by atoms with Gasteiger partial charge in [-0.3, -0.25) is 9.89 Å². The number of carbonyl (C=O) groups excluding carboxylic acids is 1. The van der Waals surface area contributed by atoms with Gasteiger partial charge in [-0.05, 0) is 47.7 Å². The molecule has 0 saturated heterocycles. The van der Waals surface area contributed by atoms with Crippen LogP contribution in [0.3, 0.4) is 0 Å². The second-order valence-electron chi connectivity index (χ2n) is 7.80. The average Bonchev–Trinajstić information content (AvgIpc) is 3.53. The van der Waals surface area contributed by atoms with E-state index >= 15 is 0 Å². The molecule has 3 N–H and O–H groups in total. The number of carbonyl (C=O) groups is 1. The minimum absolute atomic E-state index is 0.0344. The van der Waals surface area contributed by atoms with Gasteiger partial charge >= 0.3 is 6.18 Å². The lowest BCUT2D eigenvalue weighted by atomic mass is 10.0. The van der Waals surface area contributed by atoms with E-state index in [0.717, 1.165) is 34.9 Å². The van der Waals surface area contributed by atoms with E-state index in [-0.39, 0.29) is 18.4 Å². The molecule has 11 heteroatoms. The number of rotatable bonds is 8. The van der Waals surface area contributed by atoms with Crippen LogP contribution in [0, 0.1) is 5.92 Å². The molecule has 1 saturated carbocycles. The number of benzene rings is 2. The number of hydrogen-bond donors (Lipinski definition) is 3. The topological polar surface area (TPSA) is 104 Å². The maximum atomic E-state index is 12.3. The van der Waals surface area contributed by atoms with Crippen LogP contribution in [0.25, 0.3) is 22.0 Å². The summed E-state index contributed by atoms with van der Waals surface area (Å²) in [4.78, 5) is 12.0. The summed E-state index contributed by atoms with van der Waals surface area (Å²) in [5.41, 5.74) is 2.98. The molecule has 1 fully saturated rings. The number of halogens is 3. The minimum atomic E-state index is -4.53. The van der Waals surface area contributed by atoms with Gasteiger partial charge in [-0.25, -0.2) is 13.1 Å². The van der Waals surface area contributed by atoms with Gasteiger partial charge in [-0.15, -0.1) is 0 Å². The van der Waals surface area contributed by atoms with Crippen molar-refractivity contribution in [3.63, 3.8) is 0 Å². The molecule has 0 unspecified atom stereocenters. The van der Waals surface area contributed by atoms with E-state index in [1.54, 1.807) is 18.2 Å². The smallest absolute Gasteiger partial charge is 0.308 e. The fourth-order valence-electron chi connectivity index (χ4n) is 3.24. The van der Waals surface area contributed by atoms with Crippen LogP contribution < -0.4 is 10.0 Å². The van der Waals surface area contributed by atoms with Crippen LogP contribution in [-0.2, 0) is 21.4 Å². The Bertz CT molecular complexity index is 1250. The molecule has 1 aliphatic carbocycles. The summed E-state index contributed by atoms with van der Waals surface area (Å²) in [6, 6.07) is 12.6. The van der Waals surface area contributed by atoms with Crippen LogP contribution in [0.5, 0.6) is 0 Å². The van der Waals surface area contributed by atoms with E-state index in [4.69, 9.17) is 0 Å². The van der Waals surface area contributed by atoms with Gasteiger partial charge in [0.1, 0.15) is 0 Å². The van der Waals surface area contributed by atoms with Gasteiger partial charge < -0.3 is 5.32 Å². The van der Waals surface area contributed by atoms with Gasteiger partial charge in [0.15, 0.2) is 5.82 Å². The molecule has 7 nitrogen and oxygen atoms in total. The van der Waals surface area contributed by atoms with Crippen molar-refractivity contribution in [1.29, 1.82) is 0 Å². The molecule has 1 aromatic heterocycles. The Labute approximate surface area is 182 Å². The summed E-state index contributed by atoms with van der Waals surface area (Å²) in [5, 5.41) is 10.7. The molecule has 170 valence electrons. The summed E-state index contributed by atoms with van der Waals surface area (Å²) in [6.07, 6.45) is -4.13. The zero-order valence-corrected chi connectivity index (χ0v) is 17.7. The molecular weight excluding hydrogens is 445 g/mol. The summed E-state index contributed by atoms with van der Waals surface area (Å²) in [5.74, 6) is -0.500. The van der Waals surface area contributed by atoms with Crippen molar-refractivity contribution in [2.75, 3.05) is 11.1 Å². The van der Waals surface area contributed by atoms with E-state index in [0.29, 0.717) is 11.4 Å². The third-order valence-corrected chi connectivity index (χ3v) is 6.49. The molecule has 3 aromatic rings. The first-order valence-corrected chi connectivity index (χ1v) is 11.7. The van der Waals surface area contributed by atoms with Crippen molar-refractivity contribution in [3.05, 3.63) is 48.0 Å². The highest BCUT2D eigenvalue weighted by atomic mass is 32.2. The van der Waals surface area contributed by atoms with Crippen molar-refractivity contribution in [1.82, 2.24) is 14.9 Å². The number of amides is 1. The number of alkyl halides is 3. The number of nitrogens with one attached hydrogen (secondary N) is 3. The lowest BCUT2D eigenvalue weighted by Gasteiger charge is -2.10. The molecule has 1 amide bonds. The zero-order valence-electron chi connectivity index (χ0n) is 16.9. The van der Waals surface area contributed by atoms with Gasteiger partial charge in [0.2, 0.25) is 15.9 Å². The summed E-state index contributed by atoms with van der Waals surface area (Å²) >= 11 is 0. The highest BCUT2D eigenvalue weighted by Gasteiger charge is 2.30. The maximum Gasteiger partial charge on any atom is 0.390 e. The van der Waals surface area contributed by atoms with Gasteiger partial charge in [-0.1, -0.05) is 24.3 Å². The molecule has 1 heterocycles. The molecule has 32 heavy (non-hydrogen) atoms. The average molecular weight is 466 g/mol. The Balaban J connectivity index is 1.46. The Hall–Kier alpha value is -2.92. The molecule has 2 aromatic carbocycles. The molecule has 1 aliphatic rings. The Kier molecular flexibility index (Phi) is 5.95. The third kappa shape index (κ3) is 5.65. The standard InChI is InChI=1S/C21H21F3N4O3S/c22-21(23,24)8-9-32(30,31)25-12-13-2-1-3-15(10-13)16-6-7-17-18(11-16)27-28-19(17)26-20(29)14-4-5-14/h1-3,6-7,10-11,14,25H,4-5,8-9,12H2,(H2,26,27,28,29). The predicted octanol–water partition coefficient (Wildman–Crippen LogP) is 3.95. The molecular formula is C21H21F3N4O3S. The van der Waals surface area contributed by atoms with Crippen LogP contribution in [0.1, 0.15) is 24.8 Å². The van der Waals surface area contributed by atoms with E-state index in [2.05, 4.69) is 20.2 Å². The fraction of sp³-hybridized carbons (Fsp3) is 0.333. The Morgan fingerprint density at radius 1 is 1.12 bits per heavy atom. The quantitative estimate of drug-likeness (QED) is 0.468. The molecule has 0 spiro atoms. The third-order valence-electron chi connectivity index (χ3n) is 5.16. The molecule has 0 bridgehead atoms. The first-order chi connectivity index (χ1) is 15.1. The van der Waals surface area contributed by atoms with Crippen LogP contribution in [0.15, 0.2) is 42.5 Å². The van der Waals surface area contributed by atoms with Gasteiger partial charge in [0.05, 0.1) is 17.7 Å². The van der Waals surface area contributed by atoms with E-state index in [1.807, 2.05) is 24.3 Å². The number of anilines is 1. The number of nitrogens with zero attached hydrogens (tertiary/aromatic N) is 1. The molecule has 4 rings (SSSR count). The van der Waals surface area contributed by atoms with Crippen LogP contribution in [0.2, 0.25) is 0 Å². The molecule has 0 aliphatic heterocycles. The van der Waals surface area contributed by atoms with Crippen LogP contribution in [0.4, 0.5) is 19.0 Å². The van der Waals surface area contributed by atoms with Crippen molar-refractivity contribution in [2.45, 2.75) is 32.0 Å². The number of aromatic nitrogens is 2. The van der Waals surface area contributed by atoms with E-state index in [1.165, 1.54) is 0 Å². The SMILES string of the molecule is O=C(Nc1n[nH]c2cc(-c3cccc(CNS(=O)(=O)CCC(F)(F)F)c3)ccc12)C1CC1. The lowest BCUT2D eigenvalue weighted by Crippen LogP contribution is -2.28. The first-order valence-electron chi connectivity index (χ1n) is 10.0. The molecule has 0 atom stereocenters. The monoisotopic (exact) mass is 466 g/mol. The lowest BCUT2D eigenvalue weighted by molar-refractivity contribution is -0.130. The van der Waals surface area contributed by atoms with E-state index < -0.39 is 28.4 Å². The summed E-state index contributed by atoms with van der Waals surface area (Å²) < 4.78 is 62.7. The van der Waals surface area contributed by atoms with Crippen LogP contribution in [-0.4, -0.2) is 36.5 Å². The molecule has 0 radical (unpaired) electrons. The second kappa shape index (κ2) is 8.55. The number of fused-ring (bicyclic) bond motifs is 1. The largest absolute Gasteiger partial charge is 0.390 e.